The van der Waals surface area contributed by atoms with Crippen molar-refractivity contribution in [1.82, 2.24) is 0 Å². The summed E-state index contributed by atoms with van der Waals surface area (Å²) in [6, 6.07) is 7.32. The SMILES string of the molecule is Cc1ccc(C(=O)OCC2CO2)cc1. The van der Waals surface area contributed by atoms with Gasteiger partial charge in [0.15, 0.2) is 0 Å². The minimum Gasteiger partial charge on any atom is -0.459 e. The van der Waals surface area contributed by atoms with Gasteiger partial charge in [0.25, 0.3) is 0 Å². The lowest BCUT2D eigenvalue weighted by atomic mass is 10.1. The summed E-state index contributed by atoms with van der Waals surface area (Å²) in [5.74, 6) is -0.277. The molecule has 2 rings (SSSR count). The molecule has 14 heavy (non-hydrogen) atoms. The van der Waals surface area contributed by atoms with Crippen LogP contribution in [-0.2, 0) is 9.47 Å². The van der Waals surface area contributed by atoms with Crippen LogP contribution in [0.25, 0.3) is 0 Å². The highest BCUT2D eigenvalue weighted by atomic mass is 16.6. The fraction of sp³-hybridized carbons (Fsp3) is 0.364. The second-order valence-electron chi connectivity index (χ2n) is 3.42. The van der Waals surface area contributed by atoms with Crippen molar-refractivity contribution in [2.75, 3.05) is 13.2 Å². The quantitative estimate of drug-likeness (QED) is 0.538. The summed E-state index contributed by atoms with van der Waals surface area (Å²) in [6.07, 6.45) is 0.129. The van der Waals surface area contributed by atoms with Crippen LogP contribution in [0, 0.1) is 6.92 Å². The van der Waals surface area contributed by atoms with E-state index in [0.717, 1.165) is 5.56 Å². The molecule has 0 aliphatic carbocycles. The highest BCUT2D eigenvalue weighted by molar-refractivity contribution is 5.89. The number of aryl methyl sites for hydroxylation is 1. The molecule has 1 aliphatic rings. The maximum Gasteiger partial charge on any atom is 0.338 e. The largest absolute Gasteiger partial charge is 0.459 e. The number of carbonyl (C=O) groups is 1. The molecule has 1 heterocycles. The molecule has 3 nitrogen and oxygen atoms in total. The fourth-order valence-corrected chi connectivity index (χ4v) is 1.11. The Bertz CT molecular complexity index is 325. The molecule has 0 aromatic heterocycles. The molecule has 0 bridgehead atoms. The lowest BCUT2D eigenvalue weighted by molar-refractivity contribution is 0.0476. The van der Waals surface area contributed by atoms with Gasteiger partial charge in [-0.05, 0) is 19.1 Å². The molecule has 1 saturated heterocycles. The van der Waals surface area contributed by atoms with Gasteiger partial charge in [-0.1, -0.05) is 17.7 Å². The first-order valence-corrected chi connectivity index (χ1v) is 4.61. The first-order valence-electron chi connectivity index (χ1n) is 4.61. The van der Waals surface area contributed by atoms with E-state index in [1.54, 1.807) is 12.1 Å². The maximum atomic E-state index is 11.4. The minimum absolute atomic E-state index is 0.129. The van der Waals surface area contributed by atoms with Crippen molar-refractivity contribution in [2.45, 2.75) is 13.0 Å². The molecule has 74 valence electrons. The normalized spacial score (nSPS) is 19.1. The van der Waals surface area contributed by atoms with Gasteiger partial charge in [0.05, 0.1) is 12.2 Å². The van der Waals surface area contributed by atoms with Gasteiger partial charge in [0.1, 0.15) is 12.7 Å². The molecule has 0 spiro atoms. The van der Waals surface area contributed by atoms with E-state index in [0.29, 0.717) is 18.8 Å². The molecule has 0 amide bonds. The fourth-order valence-electron chi connectivity index (χ4n) is 1.11. The summed E-state index contributed by atoms with van der Waals surface area (Å²) in [5, 5.41) is 0. The number of rotatable bonds is 3. The molecule has 1 fully saturated rings. The summed E-state index contributed by atoms with van der Waals surface area (Å²) < 4.78 is 9.96. The smallest absolute Gasteiger partial charge is 0.338 e. The summed E-state index contributed by atoms with van der Waals surface area (Å²) >= 11 is 0. The van der Waals surface area contributed by atoms with Crippen molar-refractivity contribution >= 4 is 5.97 Å². The van der Waals surface area contributed by atoms with Crippen molar-refractivity contribution in [2.24, 2.45) is 0 Å². The van der Waals surface area contributed by atoms with Crippen LogP contribution < -0.4 is 0 Å². The zero-order chi connectivity index (χ0) is 9.97. The number of ether oxygens (including phenoxy) is 2. The van der Waals surface area contributed by atoms with E-state index in [1.807, 2.05) is 19.1 Å². The highest BCUT2D eigenvalue weighted by Crippen LogP contribution is 2.11. The van der Waals surface area contributed by atoms with E-state index in [2.05, 4.69) is 0 Å². The number of benzene rings is 1. The molecule has 1 aromatic carbocycles. The Labute approximate surface area is 82.6 Å². The van der Waals surface area contributed by atoms with E-state index < -0.39 is 0 Å². The molecule has 0 N–H and O–H groups in total. The third-order valence-corrected chi connectivity index (χ3v) is 2.09. The Morgan fingerprint density at radius 2 is 2.14 bits per heavy atom. The zero-order valence-electron chi connectivity index (χ0n) is 8.03. The molecule has 1 unspecified atom stereocenters. The number of esters is 1. The van der Waals surface area contributed by atoms with E-state index in [9.17, 15) is 4.79 Å². The summed E-state index contributed by atoms with van der Waals surface area (Å²) in [4.78, 5) is 11.4. The molecule has 0 radical (unpaired) electrons. The summed E-state index contributed by atoms with van der Waals surface area (Å²) in [6.45, 7) is 3.06. The van der Waals surface area contributed by atoms with Gasteiger partial charge in [0, 0.05) is 0 Å². The second kappa shape index (κ2) is 3.80. The Hall–Kier alpha value is -1.35. The average molecular weight is 192 g/mol. The van der Waals surface area contributed by atoms with Crippen molar-refractivity contribution in [3.8, 4) is 0 Å². The monoisotopic (exact) mass is 192 g/mol. The van der Waals surface area contributed by atoms with Gasteiger partial charge < -0.3 is 9.47 Å². The van der Waals surface area contributed by atoms with Crippen LogP contribution in [0.3, 0.4) is 0 Å². The summed E-state index contributed by atoms with van der Waals surface area (Å²) in [5.41, 5.74) is 1.73. The lowest BCUT2D eigenvalue weighted by Crippen LogP contribution is -2.09. The van der Waals surface area contributed by atoms with Crippen molar-refractivity contribution < 1.29 is 14.3 Å². The van der Waals surface area contributed by atoms with Crippen LogP contribution >= 0.6 is 0 Å². The van der Waals surface area contributed by atoms with E-state index >= 15 is 0 Å². The number of epoxide rings is 1. The molecule has 0 saturated carbocycles. The molecule has 3 heteroatoms. The van der Waals surface area contributed by atoms with Gasteiger partial charge in [-0.25, -0.2) is 4.79 Å². The van der Waals surface area contributed by atoms with Crippen LogP contribution in [0.4, 0.5) is 0 Å². The van der Waals surface area contributed by atoms with Gasteiger partial charge >= 0.3 is 5.97 Å². The zero-order valence-corrected chi connectivity index (χ0v) is 8.03. The Morgan fingerprint density at radius 3 is 2.71 bits per heavy atom. The molecular weight excluding hydrogens is 180 g/mol. The Balaban J connectivity index is 1.92. The van der Waals surface area contributed by atoms with Gasteiger partial charge in [-0.2, -0.15) is 0 Å². The predicted octanol–water partition coefficient (Wildman–Crippen LogP) is 1.55. The third kappa shape index (κ3) is 2.33. The van der Waals surface area contributed by atoms with Crippen LogP contribution in [0.2, 0.25) is 0 Å². The maximum absolute atomic E-state index is 11.4. The van der Waals surface area contributed by atoms with Crippen LogP contribution in [0.1, 0.15) is 15.9 Å². The van der Waals surface area contributed by atoms with Crippen molar-refractivity contribution in [1.29, 1.82) is 0 Å². The molecular formula is C11H12O3. The molecule has 1 aliphatic heterocycles. The Kier molecular flexibility index (Phi) is 2.50. The van der Waals surface area contributed by atoms with E-state index in [-0.39, 0.29) is 12.1 Å². The first-order chi connectivity index (χ1) is 6.75. The summed E-state index contributed by atoms with van der Waals surface area (Å²) in [7, 11) is 0. The van der Waals surface area contributed by atoms with Crippen molar-refractivity contribution in [3.05, 3.63) is 35.4 Å². The molecule has 1 atom stereocenters. The van der Waals surface area contributed by atoms with Gasteiger partial charge in [-0.3, -0.25) is 0 Å². The van der Waals surface area contributed by atoms with Gasteiger partial charge in [-0.15, -0.1) is 0 Å². The van der Waals surface area contributed by atoms with Crippen LogP contribution in [0.15, 0.2) is 24.3 Å². The number of carbonyl (C=O) groups excluding carboxylic acids is 1. The van der Waals surface area contributed by atoms with E-state index in [1.165, 1.54) is 0 Å². The van der Waals surface area contributed by atoms with Crippen LogP contribution in [0.5, 0.6) is 0 Å². The number of hydrogen-bond donors (Lipinski definition) is 0. The van der Waals surface area contributed by atoms with Gasteiger partial charge in [0.2, 0.25) is 0 Å². The van der Waals surface area contributed by atoms with E-state index in [4.69, 9.17) is 9.47 Å². The number of hydrogen-bond acceptors (Lipinski definition) is 3. The Morgan fingerprint density at radius 1 is 1.50 bits per heavy atom. The lowest BCUT2D eigenvalue weighted by Gasteiger charge is -2.02. The first kappa shape index (κ1) is 9.21. The van der Waals surface area contributed by atoms with Crippen LogP contribution in [-0.4, -0.2) is 25.3 Å². The standard InChI is InChI=1S/C11H12O3/c1-8-2-4-9(5-3-8)11(12)14-7-10-6-13-10/h2-5,10H,6-7H2,1H3. The van der Waals surface area contributed by atoms with Crippen molar-refractivity contribution in [3.63, 3.8) is 0 Å². The molecule has 1 aromatic rings. The highest BCUT2D eigenvalue weighted by Gasteiger charge is 2.24. The third-order valence-electron chi connectivity index (χ3n) is 2.09. The topological polar surface area (TPSA) is 38.8 Å². The minimum atomic E-state index is -0.277. The average Bonchev–Trinajstić information content (AvgIpc) is 2.99. The second-order valence-corrected chi connectivity index (χ2v) is 3.42. The predicted molar refractivity (Wildman–Crippen MR) is 51.2 cm³/mol.